The second-order valence-corrected chi connectivity index (χ2v) is 10.5. The first kappa shape index (κ1) is 34.0. The molecule has 232 valence electrons. The van der Waals surface area contributed by atoms with Crippen LogP contribution in [0.15, 0.2) is 23.1 Å². The number of pyridine rings is 1. The van der Waals surface area contributed by atoms with Crippen molar-refractivity contribution in [1.82, 2.24) is 9.88 Å². The maximum atomic E-state index is 13.8. The normalized spacial score (nSPS) is 13.3. The van der Waals surface area contributed by atoms with Crippen molar-refractivity contribution in [3.8, 4) is 5.75 Å². The van der Waals surface area contributed by atoms with Gasteiger partial charge in [0.15, 0.2) is 23.2 Å². The van der Waals surface area contributed by atoms with Crippen LogP contribution in [0.1, 0.15) is 38.3 Å². The summed E-state index contributed by atoms with van der Waals surface area (Å²) in [6, 6.07) is -3.89. The standard InChI is InChI=1S/C23H22F7N3O8S/c1-3-15(33-8-10(23(28,29)30)5-14(22(33)38)32-42(39,40)4-2)21(37)31-13(7-17(35)36)16(34)9-41-20-18(26)11(24)6-12(25)19(20)27/h5-6,8,13,15,32H,3-4,7,9H2,1-2H3,(H,31,37)(H,35,36)/t13-,15?/m0/s1. The molecule has 0 aliphatic rings. The molecule has 0 radical (unpaired) electrons. The van der Waals surface area contributed by atoms with Crippen LogP contribution in [0.25, 0.3) is 0 Å². The monoisotopic (exact) mass is 633 g/mol. The quantitative estimate of drug-likeness (QED) is 0.224. The summed E-state index contributed by atoms with van der Waals surface area (Å²) in [4.78, 5) is 49.8. The molecule has 0 spiro atoms. The number of carboxylic acid groups (broad SMARTS) is 1. The second kappa shape index (κ2) is 13.2. The lowest BCUT2D eigenvalue weighted by molar-refractivity contribution is -0.141. The average Bonchev–Trinajstić information content (AvgIpc) is 2.88. The topological polar surface area (TPSA) is 161 Å². The van der Waals surface area contributed by atoms with E-state index in [1.165, 1.54) is 6.92 Å². The Morgan fingerprint density at radius 3 is 2.10 bits per heavy atom. The van der Waals surface area contributed by atoms with E-state index in [4.69, 9.17) is 5.11 Å². The third-order valence-electron chi connectivity index (χ3n) is 5.56. The number of hydrogen-bond acceptors (Lipinski definition) is 7. The van der Waals surface area contributed by atoms with E-state index in [0.29, 0.717) is 0 Å². The van der Waals surface area contributed by atoms with Crippen LogP contribution in [-0.4, -0.2) is 54.2 Å². The minimum Gasteiger partial charge on any atom is -0.481 e. The van der Waals surface area contributed by atoms with Crippen LogP contribution in [0.5, 0.6) is 5.75 Å². The van der Waals surface area contributed by atoms with Gasteiger partial charge in [-0.3, -0.25) is 23.9 Å². The summed E-state index contributed by atoms with van der Waals surface area (Å²) < 4.78 is 125. The van der Waals surface area contributed by atoms with Crippen molar-refractivity contribution in [2.24, 2.45) is 0 Å². The van der Waals surface area contributed by atoms with Crippen molar-refractivity contribution in [3.05, 3.63) is 57.5 Å². The molecular weight excluding hydrogens is 611 g/mol. The minimum absolute atomic E-state index is 0.147. The van der Waals surface area contributed by atoms with Crippen LogP contribution in [0.2, 0.25) is 0 Å². The number of aromatic nitrogens is 1. The van der Waals surface area contributed by atoms with Crippen LogP contribution in [-0.2, 0) is 30.6 Å². The van der Waals surface area contributed by atoms with Crippen LogP contribution in [0.3, 0.4) is 0 Å². The number of Topliss-reactive ketones (excluding diaryl/α,β-unsaturated/α-hetero) is 1. The summed E-state index contributed by atoms with van der Waals surface area (Å²) in [6.45, 7) is 0.917. The first-order valence-electron chi connectivity index (χ1n) is 11.7. The number of amides is 1. The van der Waals surface area contributed by atoms with Crippen molar-refractivity contribution in [3.63, 3.8) is 0 Å². The molecule has 2 atom stereocenters. The maximum absolute atomic E-state index is 13.8. The van der Waals surface area contributed by atoms with Crippen molar-refractivity contribution < 1.29 is 63.4 Å². The zero-order chi connectivity index (χ0) is 32.2. The fraction of sp³-hybridized carbons (Fsp3) is 0.391. The number of hydrogen-bond donors (Lipinski definition) is 3. The van der Waals surface area contributed by atoms with E-state index in [-0.39, 0.29) is 22.9 Å². The lowest BCUT2D eigenvalue weighted by Crippen LogP contribution is -2.48. The summed E-state index contributed by atoms with van der Waals surface area (Å²) in [5, 5.41) is 11.0. The number of sulfonamides is 1. The molecule has 1 unspecified atom stereocenters. The third kappa shape index (κ3) is 8.20. The number of carboxylic acids is 1. The number of ketones is 1. The van der Waals surface area contributed by atoms with Gasteiger partial charge in [0.05, 0.1) is 17.7 Å². The molecular formula is C23H22F7N3O8S. The molecule has 1 aromatic carbocycles. The molecule has 3 N–H and O–H groups in total. The largest absolute Gasteiger partial charge is 0.481 e. The fourth-order valence-electron chi connectivity index (χ4n) is 3.42. The van der Waals surface area contributed by atoms with Crippen LogP contribution >= 0.6 is 0 Å². The van der Waals surface area contributed by atoms with E-state index in [2.05, 4.69) is 4.74 Å². The van der Waals surface area contributed by atoms with Gasteiger partial charge in [-0.1, -0.05) is 6.92 Å². The molecule has 42 heavy (non-hydrogen) atoms. The first-order valence-corrected chi connectivity index (χ1v) is 13.3. The summed E-state index contributed by atoms with van der Waals surface area (Å²) in [7, 11) is -4.27. The number of nitrogens with one attached hydrogen (secondary N) is 2. The second-order valence-electron chi connectivity index (χ2n) is 8.49. The summed E-state index contributed by atoms with van der Waals surface area (Å²) in [6.07, 6.45) is -6.57. The zero-order valence-corrected chi connectivity index (χ0v) is 22.3. The average molecular weight is 633 g/mol. The van der Waals surface area contributed by atoms with E-state index < -0.39 is 117 Å². The van der Waals surface area contributed by atoms with Gasteiger partial charge in [-0.2, -0.15) is 22.0 Å². The van der Waals surface area contributed by atoms with E-state index in [0.717, 1.165) is 6.92 Å². The highest BCUT2D eigenvalue weighted by Gasteiger charge is 2.35. The number of ether oxygens (including phenoxy) is 1. The Balaban J connectivity index is 2.44. The Kier molecular flexibility index (Phi) is 10.7. The van der Waals surface area contributed by atoms with Gasteiger partial charge in [0.1, 0.15) is 24.4 Å². The van der Waals surface area contributed by atoms with E-state index in [1.54, 1.807) is 4.72 Å². The fourth-order valence-corrected chi connectivity index (χ4v) is 4.05. The van der Waals surface area contributed by atoms with E-state index >= 15 is 0 Å². The number of halogens is 7. The lowest BCUT2D eigenvalue weighted by Gasteiger charge is -2.23. The maximum Gasteiger partial charge on any atom is 0.417 e. The van der Waals surface area contributed by atoms with Crippen LogP contribution in [0, 0.1) is 23.3 Å². The van der Waals surface area contributed by atoms with E-state index in [9.17, 15) is 58.3 Å². The molecule has 2 rings (SSSR count). The molecule has 11 nitrogen and oxygen atoms in total. The van der Waals surface area contributed by atoms with Gasteiger partial charge in [0, 0.05) is 12.3 Å². The molecule has 19 heteroatoms. The summed E-state index contributed by atoms with van der Waals surface area (Å²) >= 11 is 0. The highest BCUT2D eigenvalue weighted by molar-refractivity contribution is 7.92. The molecule has 0 saturated heterocycles. The van der Waals surface area contributed by atoms with Crippen LogP contribution < -0.4 is 20.3 Å². The molecule has 1 heterocycles. The van der Waals surface area contributed by atoms with Gasteiger partial charge in [-0.05, 0) is 19.4 Å². The Morgan fingerprint density at radius 2 is 1.62 bits per heavy atom. The minimum atomic E-state index is -5.13. The van der Waals surface area contributed by atoms with Crippen molar-refractivity contribution in [1.29, 1.82) is 0 Å². The Bertz CT molecular complexity index is 1520. The van der Waals surface area contributed by atoms with Crippen molar-refractivity contribution in [2.75, 3.05) is 17.1 Å². The Morgan fingerprint density at radius 1 is 1.05 bits per heavy atom. The summed E-state index contributed by atoms with van der Waals surface area (Å²) in [5.74, 6) is -14.6. The molecule has 1 amide bonds. The molecule has 0 aliphatic heterocycles. The number of anilines is 1. The smallest absolute Gasteiger partial charge is 0.417 e. The van der Waals surface area contributed by atoms with Gasteiger partial charge in [0.25, 0.3) is 5.56 Å². The van der Waals surface area contributed by atoms with Crippen molar-refractivity contribution >= 4 is 33.4 Å². The van der Waals surface area contributed by atoms with Gasteiger partial charge in [-0.15, -0.1) is 0 Å². The third-order valence-corrected chi connectivity index (χ3v) is 6.85. The number of carbonyl (C=O) groups excluding carboxylic acids is 2. The first-order chi connectivity index (χ1) is 19.3. The van der Waals surface area contributed by atoms with Crippen LogP contribution in [0.4, 0.5) is 36.4 Å². The lowest BCUT2D eigenvalue weighted by atomic mass is 10.1. The van der Waals surface area contributed by atoms with Gasteiger partial charge < -0.3 is 19.7 Å². The highest BCUT2D eigenvalue weighted by Crippen LogP contribution is 2.31. The van der Waals surface area contributed by atoms with Gasteiger partial charge >= 0.3 is 12.1 Å². The molecule has 0 saturated carbocycles. The number of alkyl halides is 3. The SMILES string of the molecule is CCC(C(=O)N[C@@H](CC(=O)O)C(=O)COc1c(F)c(F)cc(F)c1F)n1cc(C(F)(F)F)cc(NS(=O)(=O)CC)c1=O. The molecule has 0 aliphatic carbocycles. The summed E-state index contributed by atoms with van der Waals surface area (Å²) in [5.41, 5.74) is -4.00. The Hall–Kier alpha value is -4.16. The zero-order valence-electron chi connectivity index (χ0n) is 21.5. The number of aliphatic carboxylic acids is 1. The number of benzene rings is 1. The number of nitrogens with zero attached hydrogens (tertiary/aromatic N) is 1. The predicted molar refractivity (Wildman–Crippen MR) is 129 cm³/mol. The molecule has 2 aromatic rings. The van der Waals surface area contributed by atoms with Crippen molar-refractivity contribution in [2.45, 2.75) is 44.9 Å². The number of carbonyl (C=O) groups is 3. The molecule has 0 bridgehead atoms. The van der Waals surface area contributed by atoms with Gasteiger partial charge in [0.2, 0.25) is 27.6 Å². The Labute approximate surface area is 232 Å². The molecule has 1 aromatic heterocycles. The van der Waals surface area contributed by atoms with Gasteiger partial charge in [-0.25, -0.2) is 17.2 Å². The van der Waals surface area contributed by atoms with E-state index in [1.807, 2.05) is 5.32 Å². The molecule has 0 fully saturated rings. The predicted octanol–water partition coefficient (Wildman–Crippen LogP) is 2.74. The number of rotatable bonds is 13. The highest BCUT2D eigenvalue weighted by atomic mass is 32.2.